The summed E-state index contributed by atoms with van der Waals surface area (Å²) in [7, 11) is 0. The van der Waals surface area contributed by atoms with Crippen LogP contribution in [0.25, 0.3) is 0 Å². The van der Waals surface area contributed by atoms with E-state index >= 15 is 0 Å². The van der Waals surface area contributed by atoms with Crippen molar-refractivity contribution in [1.29, 1.82) is 0 Å². The summed E-state index contributed by atoms with van der Waals surface area (Å²) in [5, 5.41) is 8.45. The molecule has 6 nitrogen and oxygen atoms in total. The van der Waals surface area contributed by atoms with Crippen LogP contribution in [0.15, 0.2) is 12.2 Å². The number of hydrogen-bond donors (Lipinski definition) is 1. The highest BCUT2D eigenvalue weighted by Gasteiger charge is 2.41. The van der Waals surface area contributed by atoms with Crippen molar-refractivity contribution in [2.24, 2.45) is 0 Å². The van der Waals surface area contributed by atoms with Crippen LogP contribution in [0.1, 0.15) is 12.8 Å². The van der Waals surface area contributed by atoms with Gasteiger partial charge in [0.25, 0.3) is 0 Å². The molecule has 2 aliphatic heterocycles. The molecule has 17 heavy (non-hydrogen) atoms. The lowest BCUT2D eigenvalue weighted by Gasteiger charge is -2.35. The maximum atomic E-state index is 12.0. The van der Waals surface area contributed by atoms with Gasteiger partial charge in [-0.1, -0.05) is 6.08 Å². The monoisotopic (exact) mass is 238 g/mol. The third kappa shape index (κ3) is 2.30. The number of fused-ring (bicyclic) bond motifs is 1. The lowest BCUT2D eigenvalue weighted by Crippen LogP contribution is -2.57. The summed E-state index contributed by atoms with van der Waals surface area (Å²) in [6.45, 7) is 0.897. The smallest absolute Gasteiger partial charge is 0.328 e. The van der Waals surface area contributed by atoms with Crippen molar-refractivity contribution in [3.8, 4) is 0 Å². The van der Waals surface area contributed by atoms with Crippen LogP contribution in [0, 0.1) is 0 Å². The molecule has 0 aromatic carbocycles. The molecule has 2 fully saturated rings. The van der Waals surface area contributed by atoms with E-state index in [1.54, 1.807) is 4.90 Å². The summed E-state index contributed by atoms with van der Waals surface area (Å²) in [5.74, 6) is -1.17. The predicted octanol–water partition coefficient (Wildman–Crippen LogP) is -0.540. The Balaban J connectivity index is 2.02. The van der Waals surface area contributed by atoms with Crippen molar-refractivity contribution < 1.29 is 19.5 Å². The van der Waals surface area contributed by atoms with Gasteiger partial charge in [-0.05, 0) is 12.8 Å². The van der Waals surface area contributed by atoms with E-state index in [-0.39, 0.29) is 30.9 Å². The lowest BCUT2D eigenvalue weighted by atomic mass is 10.1. The maximum absolute atomic E-state index is 12.0. The second-order valence-electron chi connectivity index (χ2n) is 4.20. The van der Waals surface area contributed by atoms with Crippen LogP contribution in [0.5, 0.6) is 0 Å². The molecular weight excluding hydrogens is 224 g/mol. The molecule has 2 aliphatic rings. The first-order valence-electron chi connectivity index (χ1n) is 5.57. The van der Waals surface area contributed by atoms with Crippen molar-refractivity contribution >= 4 is 17.8 Å². The van der Waals surface area contributed by atoms with Gasteiger partial charge in [-0.2, -0.15) is 0 Å². The van der Waals surface area contributed by atoms with Gasteiger partial charge in [0.15, 0.2) is 0 Å². The molecule has 2 heterocycles. The standard InChI is InChI=1S/C11H14N2O4/c14-9-7-12(5-2-4-10(15)16)11(17)8-3-1-6-13(8)9/h2,4,8H,1,3,5-7H2,(H,15,16). The number of nitrogens with zero attached hydrogens (tertiary/aromatic N) is 2. The number of carboxylic acids is 1. The van der Waals surface area contributed by atoms with E-state index in [9.17, 15) is 14.4 Å². The molecule has 2 amide bonds. The van der Waals surface area contributed by atoms with Crippen LogP contribution in [0.2, 0.25) is 0 Å². The summed E-state index contributed by atoms with van der Waals surface area (Å²) in [6, 6.07) is -0.325. The number of carbonyl (C=O) groups is 3. The van der Waals surface area contributed by atoms with Gasteiger partial charge in [0, 0.05) is 19.2 Å². The Morgan fingerprint density at radius 3 is 2.94 bits per heavy atom. The Bertz CT molecular complexity index is 391. The molecule has 0 spiro atoms. The molecule has 1 N–H and O–H groups in total. The van der Waals surface area contributed by atoms with Gasteiger partial charge in [-0.3, -0.25) is 9.59 Å². The number of hydrogen-bond acceptors (Lipinski definition) is 3. The highest BCUT2D eigenvalue weighted by Crippen LogP contribution is 2.23. The van der Waals surface area contributed by atoms with Gasteiger partial charge < -0.3 is 14.9 Å². The first-order valence-corrected chi connectivity index (χ1v) is 5.57. The number of amides is 2. The Morgan fingerprint density at radius 1 is 1.47 bits per heavy atom. The van der Waals surface area contributed by atoms with E-state index in [0.717, 1.165) is 12.5 Å². The molecular formula is C11H14N2O4. The topological polar surface area (TPSA) is 77.9 Å². The zero-order chi connectivity index (χ0) is 12.4. The molecule has 2 saturated heterocycles. The number of carboxylic acid groups (broad SMARTS) is 1. The van der Waals surface area contributed by atoms with Crippen molar-refractivity contribution in [3.63, 3.8) is 0 Å². The Hall–Kier alpha value is -1.85. The number of carbonyl (C=O) groups excluding carboxylic acids is 2. The Labute approximate surface area is 98.5 Å². The largest absolute Gasteiger partial charge is 0.478 e. The minimum atomic E-state index is -1.05. The van der Waals surface area contributed by atoms with Crippen LogP contribution in [-0.2, 0) is 14.4 Å². The van der Waals surface area contributed by atoms with E-state index in [1.807, 2.05) is 0 Å². The minimum Gasteiger partial charge on any atom is -0.478 e. The normalized spacial score (nSPS) is 24.6. The number of rotatable bonds is 3. The van der Waals surface area contributed by atoms with Crippen LogP contribution in [-0.4, -0.2) is 58.4 Å². The summed E-state index contributed by atoms with van der Waals surface area (Å²) in [5.41, 5.74) is 0. The zero-order valence-electron chi connectivity index (χ0n) is 9.33. The molecule has 6 heteroatoms. The molecule has 0 aromatic rings. The predicted molar refractivity (Wildman–Crippen MR) is 58.1 cm³/mol. The van der Waals surface area contributed by atoms with E-state index in [0.29, 0.717) is 13.0 Å². The van der Waals surface area contributed by atoms with Crippen LogP contribution in [0.3, 0.4) is 0 Å². The van der Waals surface area contributed by atoms with E-state index < -0.39 is 5.97 Å². The molecule has 0 radical (unpaired) electrons. The SMILES string of the molecule is O=C(O)C=CCN1CC(=O)N2CCCC2C1=O. The molecule has 1 unspecified atom stereocenters. The summed E-state index contributed by atoms with van der Waals surface area (Å²) in [4.78, 5) is 37.0. The zero-order valence-corrected chi connectivity index (χ0v) is 9.33. The second kappa shape index (κ2) is 4.57. The third-order valence-corrected chi connectivity index (χ3v) is 3.08. The molecule has 92 valence electrons. The second-order valence-corrected chi connectivity index (χ2v) is 4.20. The first-order chi connectivity index (χ1) is 8.09. The van der Waals surface area contributed by atoms with Crippen LogP contribution >= 0.6 is 0 Å². The maximum Gasteiger partial charge on any atom is 0.328 e. The average molecular weight is 238 g/mol. The Morgan fingerprint density at radius 2 is 2.24 bits per heavy atom. The van der Waals surface area contributed by atoms with Gasteiger partial charge in [-0.25, -0.2) is 4.79 Å². The molecule has 0 saturated carbocycles. The third-order valence-electron chi connectivity index (χ3n) is 3.08. The summed E-state index contributed by atoms with van der Waals surface area (Å²) in [6.07, 6.45) is 3.95. The molecule has 1 atom stereocenters. The molecule has 0 aliphatic carbocycles. The lowest BCUT2D eigenvalue weighted by molar-refractivity contribution is -0.152. The van der Waals surface area contributed by atoms with Crippen LogP contribution in [0.4, 0.5) is 0 Å². The van der Waals surface area contributed by atoms with E-state index in [4.69, 9.17) is 5.11 Å². The summed E-state index contributed by atoms with van der Waals surface area (Å²) >= 11 is 0. The molecule has 2 rings (SSSR count). The van der Waals surface area contributed by atoms with Gasteiger partial charge in [-0.15, -0.1) is 0 Å². The molecule has 0 bridgehead atoms. The van der Waals surface area contributed by atoms with Gasteiger partial charge in [0.1, 0.15) is 12.6 Å². The molecule has 0 aromatic heterocycles. The van der Waals surface area contributed by atoms with Crippen molar-refractivity contribution in [2.75, 3.05) is 19.6 Å². The fraction of sp³-hybridized carbons (Fsp3) is 0.545. The summed E-state index contributed by atoms with van der Waals surface area (Å²) < 4.78 is 0. The minimum absolute atomic E-state index is 0.0455. The van der Waals surface area contributed by atoms with Crippen molar-refractivity contribution in [2.45, 2.75) is 18.9 Å². The average Bonchev–Trinajstić information content (AvgIpc) is 2.74. The van der Waals surface area contributed by atoms with E-state index in [2.05, 4.69) is 0 Å². The Kier molecular flexibility index (Phi) is 3.12. The van der Waals surface area contributed by atoms with Gasteiger partial charge >= 0.3 is 5.97 Å². The van der Waals surface area contributed by atoms with Crippen molar-refractivity contribution in [3.05, 3.63) is 12.2 Å². The van der Waals surface area contributed by atoms with Gasteiger partial charge in [0.05, 0.1) is 0 Å². The van der Waals surface area contributed by atoms with E-state index in [1.165, 1.54) is 11.0 Å². The van der Waals surface area contributed by atoms with Gasteiger partial charge in [0.2, 0.25) is 11.8 Å². The number of aliphatic carboxylic acids is 1. The van der Waals surface area contributed by atoms with Crippen molar-refractivity contribution in [1.82, 2.24) is 9.80 Å². The highest BCUT2D eigenvalue weighted by atomic mass is 16.4. The quantitative estimate of drug-likeness (QED) is 0.670. The fourth-order valence-corrected chi connectivity index (χ4v) is 2.30. The highest BCUT2D eigenvalue weighted by molar-refractivity contribution is 5.95. The fourth-order valence-electron chi connectivity index (χ4n) is 2.30. The van der Waals surface area contributed by atoms with Crippen LogP contribution < -0.4 is 0 Å². The first kappa shape index (κ1) is 11.6. The number of piperazine rings is 1.